The van der Waals surface area contributed by atoms with Crippen LogP contribution in [0.4, 0.5) is 0 Å². The quantitative estimate of drug-likeness (QED) is 0.0598. The maximum absolute atomic E-state index is 12.4. The molecule has 4 aromatic rings. The number of esters is 2. The van der Waals surface area contributed by atoms with Gasteiger partial charge in [-0.05, 0) is 78.0 Å². The lowest BCUT2D eigenvalue weighted by Crippen LogP contribution is -2.14. The smallest absolute Gasteiger partial charge is 0.339 e. The molecule has 0 aromatic heterocycles. The van der Waals surface area contributed by atoms with Crippen molar-refractivity contribution >= 4 is 23.9 Å². The van der Waals surface area contributed by atoms with Crippen LogP contribution >= 0.6 is 0 Å². The van der Waals surface area contributed by atoms with Crippen LogP contribution < -0.4 is 0 Å². The predicted molar refractivity (Wildman–Crippen MR) is 221 cm³/mol. The van der Waals surface area contributed by atoms with Crippen molar-refractivity contribution in [1.29, 1.82) is 0 Å². The molecule has 300 valence electrons. The molecule has 8 nitrogen and oxygen atoms in total. The predicted octanol–water partition coefficient (Wildman–Crippen LogP) is 11.6. The Morgan fingerprint density at radius 2 is 1.02 bits per heavy atom. The minimum Gasteiger partial charge on any atom is -0.478 e. The minimum atomic E-state index is -1.20. The fraction of sp³-hybridized carbons (Fsp3) is 0.417. The van der Waals surface area contributed by atoms with Gasteiger partial charge in [-0.3, -0.25) is 0 Å². The summed E-state index contributed by atoms with van der Waals surface area (Å²) >= 11 is 0. The fourth-order valence-electron chi connectivity index (χ4n) is 6.46. The minimum absolute atomic E-state index is 0.0753. The number of rotatable bonds is 22. The molecule has 0 amide bonds. The summed E-state index contributed by atoms with van der Waals surface area (Å²) in [7, 11) is 0. The number of benzene rings is 4. The Balaban J connectivity index is 0.000000300. The topological polar surface area (TPSA) is 127 Å². The van der Waals surface area contributed by atoms with Gasteiger partial charge in [0.25, 0.3) is 0 Å². The van der Waals surface area contributed by atoms with E-state index in [0.29, 0.717) is 18.6 Å². The SMILES string of the molecule is CC(C)CCCCCCOC(=O)c1ccccc1C(=O)OCc1ccccc1.CC(C)CCCCCCc1ccc(C(=O)O)c(C(=O)O)c1Cc1ccccc1. The van der Waals surface area contributed by atoms with Crippen LogP contribution in [0.2, 0.25) is 0 Å². The van der Waals surface area contributed by atoms with Crippen molar-refractivity contribution in [2.45, 2.75) is 111 Å². The van der Waals surface area contributed by atoms with Crippen LogP contribution in [0, 0.1) is 11.8 Å². The van der Waals surface area contributed by atoms with Crippen molar-refractivity contribution in [3.05, 3.63) is 142 Å². The van der Waals surface area contributed by atoms with Gasteiger partial charge in [0.05, 0.1) is 28.9 Å². The molecule has 0 atom stereocenters. The Morgan fingerprint density at radius 1 is 0.518 bits per heavy atom. The Hall–Kier alpha value is -5.24. The highest BCUT2D eigenvalue weighted by atomic mass is 16.5. The maximum Gasteiger partial charge on any atom is 0.339 e. The number of hydrogen-bond acceptors (Lipinski definition) is 6. The molecule has 0 fully saturated rings. The zero-order valence-corrected chi connectivity index (χ0v) is 33.6. The normalized spacial score (nSPS) is 10.8. The summed E-state index contributed by atoms with van der Waals surface area (Å²) in [6.45, 7) is 9.45. The van der Waals surface area contributed by atoms with E-state index in [1.54, 1.807) is 30.3 Å². The largest absolute Gasteiger partial charge is 0.478 e. The molecule has 0 unspecified atom stereocenters. The molecule has 4 aromatic carbocycles. The van der Waals surface area contributed by atoms with Crippen LogP contribution in [0.5, 0.6) is 0 Å². The first-order chi connectivity index (χ1) is 27.0. The number of ether oxygens (including phenoxy) is 2. The summed E-state index contributed by atoms with van der Waals surface area (Å²) < 4.78 is 10.7. The highest BCUT2D eigenvalue weighted by molar-refractivity contribution is 6.04. The molecule has 0 aliphatic carbocycles. The molecule has 0 aliphatic rings. The van der Waals surface area contributed by atoms with E-state index in [9.17, 15) is 29.4 Å². The molecule has 8 heteroatoms. The molecule has 0 spiro atoms. The molecule has 0 radical (unpaired) electrons. The highest BCUT2D eigenvalue weighted by Crippen LogP contribution is 2.26. The lowest BCUT2D eigenvalue weighted by molar-refractivity contribution is 0.0436. The van der Waals surface area contributed by atoms with Gasteiger partial charge in [0.2, 0.25) is 0 Å². The number of carbonyl (C=O) groups is 4. The van der Waals surface area contributed by atoms with Crippen molar-refractivity contribution in [3.63, 3.8) is 0 Å². The van der Waals surface area contributed by atoms with Crippen LogP contribution in [-0.4, -0.2) is 40.7 Å². The third kappa shape index (κ3) is 16.2. The summed E-state index contributed by atoms with van der Waals surface area (Å²) in [4.78, 5) is 48.3. The van der Waals surface area contributed by atoms with Crippen LogP contribution in [0.25, 0.3) is 0 Å². The van der Waals surface area contributed by atoms with E-state index in [1.807, 2.05) is 60.7 Å². The number of carboxylic acids is 2. The van der Waals surface area contributed by atoms with E-state index in [0.717, 1.165) is 67.1 Å². The molecule has 2 N–H and O–H groups in total. The van der Waals surface area contributed by atoms with E-state index < -0.39 is 23.9 Å². The van der Waals surface area contributed by atoms with Crippen LogP contribution in [0.1, 0.15) is 156 Å². The van der Waals surface area contributed by atoms with E-state index in [4.69, 9.17) is 9.47 Å². The first-order valence-corrected chi connectivity index (χ1v) is 20.1. The van der Waals surface area contributed by atoms with Gasteiger partial charge < -0.3 is 19.7 Å². The molecule has 0 saturated heterocycles. The van der Waals surface area contributed by atoms with Gasteiger partial charge in [-0.25, -0.2) is 19.2 Å². The number of hydrogen-bond donors (Lipinski definition) is 2. The standard InChI is InChI=1S/2C24H30O4/c1-19(2)12-6-3-4-11-17-27-23(25)21-15-9-10-16-22(21)24(26)28-18-20-13-7-5-8-14-20;1-17(2)10-6-3-4-9-13-19-14-15-20(23(25)26)22(24(27)28)21(19)16-18-11-7-5-8-12-18/h5,7-10,13-16,19H,3-4,6,11-12,17-18H2,1-2H3;5,7-8,11-12,14-15,17H,3-4,6,9-10,13,16H2,1-2H3,(H,25,26)(H,27,28). The molecular formula is C48H60O8. The fourth-order valence-corrected chi connectivity index (χ4v) is 6.46. The van der Waals surface area contributed by atoms with Crippen molar-refractivity contribution in [2.24, 2.45) is 11.8 Å². The second kappa shape index (κ2) is 25.0. The van der Waals surface area contributed by atoms with E-state index >= 15 is 0 Å². The van der Waals surface area contributed by atoms with Gasteiger partial charge in [0.1, 0.15) is 6.61 Å². The second-order valence-electron chi connectivity index (χ2n) is 15.1. The Bertz CT molecular complexity index is 1800. The number of unbranched alkanes of at least 4 members (excludes halogenated alkanes) is 6. The lowest BCUT2D eigenvalue weighted by atomic mass is 9.89. The Morgan fingerprint density at radius 3 is 1.55 bits per heavy atom. The van der Waals surface area contributed by atoms with Gasteiger partial charge >= 0.3 is 23.9 Å². The monoisotopic (exact) mass is 764 g/mol. The third-order valence-electron chi connectivity index (χ3n) is 9.54. The average molecular weight is 765 g/mol. The summed E-state index contributed by atoms with van der Waals surface area (Å²) in [6, 6.07) is 28.9. The summed E-state index contributed by atoms with van der Waals surface area (Å²) in [5.74, 6) is -1.93. The first kappa shape index (κ1) is 45.2. The molecule has 0 aliphatic heterocycles. The van der Waals surface area contributed by atoms with Crippen LogP contribution in [-0.2, 0) is 28.9 Å². The van der Waals surface area contributed by atoms with Gasteiger partial charge in [0.15, 0.2) is 0 Å². The zero-order valence-electron chi connectivity index (χ0n) is 33.6. The van der Waals surface area contributed by atoms with Crippen molar-refractivity contribution in [3.8, 4) is 0 Å². The van der Waals surface area contributed by atoms with Gasteiger partial charge in [-0.2, -0.15) is 0 Å². The number of aromatic carboxylic acids is 2. The second-order valence-corrected chi connectivity index (χ2v) is 15.1. The van der Waals surface area contributed by atoms with Crippen LogP contribution in [0.15, 0.2) is 97.1 Å². The van der Waals surface area contributed by atoms with Crippen molar-refractivity contribution in [2.75, 3.05) is 6.61 Å². The molecule has 56 heavy (non-hydrogen) atoms. The zero-order chi connectivity index (χ0) is 40.7. The summed E-state index contributed by atoms with van der Waals surface area (Å²) in [6.07, 6.45) is 12.4. The van der Waals surface area contributed by atoms with E-state index in [1.165, 1.54) is 38.2 Å². The Kier molecular flexibility index (Phi) is 20.2. The molecular weight excluding hydrogens is 705 g/mol. The molecule has 0 saturated carbocycles. The number of aryl methyl sites for hydroxylation is 1. The average Bonchev–Trinajstić information content (AvgIpc) is 3.18. The van der Waals surface area contributed by atoms with Gasteiger partial charge in [-0.15, -0.1) is 0 Å². The first-order valence-electron chi connectivity index (χ1n) is 20.1. The Labute approximate surface area is 333 Å². The molecule has 4 rings (SSSR count). The third-order valence-corrected chi connectivity index (χ3v) is 9.54. The van der Waals surface area contributed by atoms with Crippen LogP contribution in [0.3, 0.4) is 0 Å². The summed E-state index contributed by atoms with van der Waals surface area (Å²) in [5.41, 5.74) is 3.71. The molecule has 0 heterocycles. The lowest BCUT2D eigenvalue weighted by Gasteiger charge is -2.15. The van der Waals surface area contributed by atoms with E-state index in [-0.39, 0.29) is 28.9 Å². The molecule has 0 bridgehead atoms. The number of carbonyl (C=O) groups excluding carboxylic acids is 2. The van der Waals surface area contributed by atoms with Crippen molar-refractivity contribution < 1.29 is 38.9 Å². The van der Waals surface area contributed by atoms with E-state index in [2.05, 4.69) is 27.7 Å². The van der Waals surface area contributed by atoms with Gasteiger partial charge in [-0.1, -0.05) is 158 Å². The van der Waals surface area contributed by atoms with Crippen molar-refractivity contribution in [1.82, 2.24) is 0 Å². The number of carboxylic acid groups (broad SMARTS) is 2. The highest BCUT2D eigenvalue weighted by Gasteiger charge is 2.23. The maximum atomic E-state index is 12.4. The summed E-state index contributed by atoms with van der Waals surface area (Å²) in [5, 5.41) is 19.2. The van der Waals surface area contributed by atoms with Gasteiger partial charge in [0, 0.05) is 0 Å².